The number of aromatic nitrogens is 9. The van der Waals surface area contributed by atoms with E-state index in [1.54, 1.807) is 6.33 Å². The normalized spacial score (nSPS) is 13.7. The minimum atomic E-state index is -0.805. The van der Waals surface area contributed by atoms with Crippen LogP contribution in [-0.4, -0.2) is 62.4 Å². The van der Waals surface area contributed by atoms with E-state index in [9.17, 15) is 14.4 Å². The summed E-state index contributed by atoms with van der Waals surface area (Å²) < 4.78 is 3.71. The molecule has 0 saturated heterocycles. The third-order valence-electron chi connectivity index (χ3n) is 7.83. The second kappa shape index (κ2) is 15.2. The SMILES string of the molecule is CCCn1nc(C(C)CC(NC(=O)C(C)(C)C)c2n[nH]c(CC(C)(C)C(=O)NCc3nncn3CC)n2)nc1CNC(=O)C(C)(C)C. The quantitative estimate of drug-likeness (QED) is 0.190. The van der Waals surface area contributed by atoms with Gasteiger partial charge in [-0.25, -0.2) is 14.6 Å². The molecule has 15 nitrogen and oxygen atoms in total. The van der Waals surface area contributed by atoms with Crippen molar-refractivity contribution in [1.82, 2.24) is 60.7 Å². The fourth-order valence-corrected chi connectivity index (χ4v) is 4.73. The lowest BCUT2D eigenvalue weighted by atomic mass is 9.88. The average Bonchev–Trinajstić information content (AvgIpc) is 3.73. The fourth-order valence-electron chi connectivity index (χ4n) is 4.73. The highest BCUT2D eigenvalue weighted by Gasteiger charge is 2.33. The highest BCUT2D eigenvalue weighted by atomic mass is 16.2. The molecule has 0 fully saturated rings. The molecule has 3 amide bonds. The van der Waals surface area contributed by atoms with Gasteiger partial charge in [-0.1, -0.05) is 69.2 Å². The van der Waals surface area contributed by atoms with Crippen LogP contribution in [0.5, 0.6) is 0 Å². The van der Waals surface area contributed by atoms with Crippen LogP contribution in [-0.2, 0) is 47.0 Å². The Kier molecular flexibility index (Phi) is 12.0. The molecule has 0 aliphatic rings. The predicted octanol–water partition coefficient (Wildman–Crippen LogP) is 3.36. The molecule has 4 N–H and O–H groups in total. The van der Waals surface area contributed by atoms with Crippen molar-refractivity contribution in [3.05, 3.63) is 35.4 Å². The molecule has 0 aromatic carbocycles. The predicted molar refractivity (Wildman–Crippen MR) is 176 cm³/mol. The number of hydrogen-bond acceptors (Lipinski definition) is 9. The lowest BCUT2D eigenvalue weighted by molar-refractivity contribution is -0.130. The molecule has 0 bridgehead atoms. The molecule has 3 aromatic rings. The van der Waals surface area contributed by atoms with Crippen molar-refractivity contribution in [2.45, 2.75) is 134 Å². The summed E-state index contributed by atoms with van der Waals surface area (Å²) in [6.07, 6.45) is 3.23. The van der Waals surface area contributed by atoms with Crippen LogP contribution in [0.2, 0.25) is 0 Å². The lowest BCUT2D eigenvalue weighted by Crippen LogP contribution is -2.39. The van der Waals surface area contributed by atoms with Crippen LogP contribution in [0.3, 0.4) is 0 Å². The Morgan fingerprint density at radius 2 is 1.51 bits per heavy atom. The summed E-state index contributed by atoms with van der Waals surface area (Å²) in [6, 6.07) is -0.541. The van der Waals surface area contributed by atoms with E-state index in [1.807, 2.05) is 78.5 Å². The smallest absolute Gasteiger partial charge is 0.226 e. The molecular weight excluding hydrogens is 600 g/mol. The topological polar surface area (TPSA) is 190 Å². The summed E-state index contributed by atoms with van der Waals surface area (Å²) in [5.74, 6) is 2.38. The minimum Gasteiger partial charge on any atom is -0.348 e. The first kappa shape index (κ1) is 37.3. The van der Waals surface area contributed by atoms with Gasteiger partial charge in [0.25, 0.3) is 0 Å². The third-order valence-corrected chi connectivity index (χ3v) is 7.83. The molecule has 3 heterocycles. The molecular formula is C32H54N12O3. The summed E-state index contributed by atoms with van der Waals surface area (Å²) in [6.45, 7) is 22.8. The van der Waals surface area contributed by atoms with Crippen LogP contribution in [0.4, 0.5) is 0 Å². The maximum atomic E-state index is 13.2. The Morgan fingerprint density at radius 3 is 2.13 bits per heavy atom. The number of H-pyrrole nitrogens is 1. The van der Waals surface area contributed by atoms with E-state index in [4.69, 9.17) is 15.1 Å². The molecule has 2 unspecified atom stereocenters. The highest BCUT2D eigenvalue weighted by Crippen LogP contribution is 2.28. The van der Waals surface area contributed by atoms with Crippen LogP contribution in [0.15, 0.2) is 6.33 Å². The maximum absolute atomic E-state index is 13.2. The zero-order chi connectivity index (χ0) is 35.2. The number of amides is 3. The average molecular weight is 655 g/mol. The zero-order valence-corrected chi connectivity index (χ0v) is 30.0. The van der Waals surface area contributed by atoms with E-state index in [0.717, 1.165) is 6.42 Å². The Balaban J connectivity index is 1.78. The van der Waals surface area contributed by atoms with Crippen molar-refractivity contribution in [2.24, 2.45) is 16.2 Å². The van der Waals surface area contributed by atoms with Crippen molar-refractivity contribution < 1.29 is 14.4 Å². The number of carbonyl (C=O) groups is 3. The van der Waals surface area contributed by atoms with Crippen LogP contribution in [0, 0.1) is 16.2 Å². The van der Waals surface area contributed by atoms with Crippen LogP contribution < -0.4 is 16.0 Å². The van der Waals surface area contributed by atoms with E-state index in [0.29, 0.717) is 55.1 Å². The zero-order valence-electron chi connectivity index (χ0n) is 30.0. The van der Waals surface area contributed by atoms with E-state index in [-0.39, 0.29) is 36.7 Å². The largest absolute Gasteiger partial charge is 0.348 e. The van der Waals surface area contributed by atoms with Crippen LogP contribution in [0.25, 0.3) is 0 Å². The van der Waals surface area contributed by atoms with Gasteiger partial charge in [0, 0.05) is 36.3 Å². The number of hydrogen-bond donors (Lipinski definition) is 4. The minimum absolute atomic E-state index is 0.0647. The number of carbonyl (C=O) groups excluding carboxylic acids is 3. The summed E-state index contributed by atoms with van der Waals surface area (Å²) in [5, 5.41) is 29.3. The summed E-state index contributed by atoms with van der Waals surface area (Å²) in [5.41, 5.74) is -1.96. The van der Waals surface area contributed by atoms with Crippen molar-refractivity contribution >= 4 is 17.7 Å². The second-order valence-electron chi connectivity index (χ2n) is 14.9. The Labute approximate surface area is 277 Å². The van der Waals surface area contributed by atoms with Crippen LogP contribution in [0.1, 0.15) is 130 Å². The van der Waals surface area contributed by atoms with Gasteiger partial charge in [-0.05, 0) is 19.8 Å². The maximum Gasteiger partial charge on any atom is 0.226 e. The first-order valence-corrected chi connectivity index (χ1v) is 16.4. The van der Waals surface area contributed by atoms with E-state index in [1.165, 1.54) is 0 Å². The highest BCUT2D eigenvalue weighted by molar-refractivity contribution is 5.82. The lowest BCUT2D eigenvalue weighted by Gasteiger charge is -2.24. The monoisotopic (exact) mass is 654 g/mol. The Hall–Kier alpha value is -4.17. The van der Waals surface area contributed by atoms with Gasteiger partial charge in [0.2, 0.25) is 17.7 Å². The number of aryl methyl sites for hydroxylation is 2. The van der Waals surface area contributed by atoms with Gasteiger partial charge in [0.05, 0.1) is 24.5 Å². The Morgan fingerprint density at radius 1 is 0.872 bits per heavy atom. The van der Waals surface area contributed by atoms with Gasteiger partial charge in [0.15, 0.2) is 17.5 Å². The number of aromatic amines is 1. The second-order valence-corrected chi connectivity index (χ2v) is 14.9. The van der Waals surface area contributed by atoms with Crippen molar-refractivity contribution in [1.29, 1.82) is 0 Å². The van der Waals surface area contributed by atoms with E-state index < -0.39 is 22.3 Å². The van der Waals surface area contributed by atoms with Crippen LogP contribution >= 0.6 is 0 Å². The molecule has 2 atom stereocenters. The first-order valence-electron chi connectivity index (χ1n) is 16.4. The van der Waals surface area contributed by atoms with Gasteiger partial charge >= 0.3 is 0 Å². The van der Waals surface area contributed by atoms with Crippen molar-refractivity contribution in [2.75, 3.05) is 0 Å². The summed E-state index contributed by atoms with van der Waals surface area (Å²) in [7, 11) is 0. The Bertz CT molecular complexity index is 1510. The molecule has 3 aromatic heterocycles. The summed E-state index contributed by atoms with van der Waals surface area (Å²) in [4.78, 5) is 48.4. The van der Waals surface area contributed by atoms with Crippen molar-refractivity contribution in [3.8, 4) is 0 Å². The molecule has 0 aliphatic heterocycles. The van der Waals surface area contributed by atoms with Gasteiger partial charge in [-0.3, -0.25) is 19.5 Å². The van der Waals surface area contributed by atoms with Gasteiger partial charge in [-0.15, -0.1) is 10.2 Å². The molecule has 0 aliphatic carbocycles. The fraction of sp³-hybridized carbons (Fsp3) is 0.719. The summed E-state index contributed by atoms with van der Waals surface area (Å²) >= 11 is 0. The van der Waals surface area contributed by atoms with E-state index >= 15 is 0 Å². The molecule has 260 valence electrons. The third kappa shape index (κ3) is 10.2. The van der Waals surface area contributed by atoms with Crippen molar-refractivity contribution in [3.63, 3.8) is 0 Å². The molecule has 47 heavy (non-hydrogen) atoms. The standard InChI is InChI=1S/C32H54N12O3/c1-12-14-44-23(17-33-27(45)30(4,5)6)38-25(42-44)20(3)15-21(36-28(46)31(7,8)9)26-37-22(39-41-26)16-32(10,11)29(47)34-18-24-40-35-19-43(24)13-2/h19-21H,12-18H2,1-11H3,(H,33,45)(H,34,47)(H,36,46)(H,37,39,41). The molecule has 0 spiro atoms. The molecule has 0 saturated carbocycles. The number of nitrogens with zero attached hydrogens (tertiary/aromatic N) is 8. The van der Waals surface area contributed by atoms with Gasteiger partial charge in [0.1, 0.15) is 18.0 Å². The first-order chi connectivity index (χ1) is 21.8. The van der Waals surface area contributed by atoms with E-state index in [2.05, 4.69) is 43.3 Å². The molecule has 15 heteroatoms. The van der Waals surface area contributed by atoms with Gasteiger partial charge < -0.3 is 20.5 Å². The number of nitrogens with one attached hydrogen (secondary N) is 4. The molecule has 0 radical (unpaired) electrons. The van der Waals surface area contributed by atoms with Gasteiger partial charge in [-0.2, -0.15) is 10.2 Å². The number of rotatable bonds is 15. The molecule has 3 rings (SSSR count).